The van der Waals surface area contributed by atoms with Gasteiger partial charge in [0.2, 0.25) is 5.91 Å². The number of carboxylic acid groups (broad SMARTS) is 1. The molecule has 0 aliphatic heterocycles. The normalized spacial score (nSPS) is 17.1. The van der Waals surface area contributed by atoms with E-state index in [1.165, 1.54) is 12.8 Å². The summed E-state index contributed by atoms with van der Waals surface area (Å²) in [6, 6.07) is 0. The highest BCUT2D eigenvalue weighted by atomic mass is 16.5. The van der Waals surface area contributed by atoms with Crippen molar-refractivity contribution in [1.82, 2.24) is 5.32 Å². The molecule has 0 bridgehead atoms. The summed E-state index contributed by atoms with van der Waals surface area (Å²) in [7, 11) is 0. The highest BCUT2D eigenvalue weighted by molar-refractivity contribution is 5.79. The van der Waals surface area contributed by atoms with Crippen LogP contribution >= 0.6 is 0 Å². The van der Waals surface area contributed by atoms with Gasteiger partial charge in [-0.3, -0.25) is 9.59 Å². The number of carboxylic acids is 1. The molecule has 0 spiro atoms. The summed E-state index contributed by atoms with van der Waals surface area (Å²) in [6.07, 6.45) is 4.58. The zero-order valence-corrected chi connectivity index (χ0v) is 10.5. The molecular formula is C12H21NO4. The SMILES string of the molecule is CC(C)(CNC(=O)COC1CCCC1)C(=O)O. The van der Waals surface area contributed by atoms with Crippen LogP contribution in [-0.2, 0) is 14.3 Å². The number of ether oxygens (including phenoxy) is 1. The van der Waals surface area contributed by atoms with Crippen molar-refractivity contribution >= 4 is 11.9 Å². The molecule has 0 aromatic carbocycles. The molecule has 5 nitrogen and oxygen atoms in total. The summed E-state index contributed by atoms with van der Waals surface area (Å²) in [5.41, 5.74) is -0.941. The second-order valence-electron chi connectivity index (χ2n) is 5.18. The number of carbonyl (C=O) groups is 2. The van der Waals surface area contributed by atoms with E-state index in [0.29, 0.717) is 0 Å². The number of hydrogen-bond acceptors (Lipinski definition) is 3. The van der Waals surface area contributed by atoms with Gasteiger partial charge in [-0.05, 0) is 26.7 Å². The van der Waals surface area contributed by atoms with E-state index >= 15 is 0 Å². The molecule has 1 aliphatic carbocycles. The van der Waals surface area contributed by atoms with Crippen LogP contribution < -0.4 is 5.32 Å². The number of aliphatic carboxylic acids is 1. The van der Waals surface area contributed by atoms with Crippen molar-refractivity contribution in [3.05, 3.63) is 0 Å². The van der Waals surface area contributed by atoms with Crippen LogP contribution in [0.2, 0.25) is 0 Å². The zero-order chi connectivity index (χ0) is 12.9. The minimum absolute atomic E-state index is 0.0281. The average Bonchev–Trinajstić information content (AvgIpc) is 2.76. The molecule has 1 amide bonds. The predicted octanol–water partition coefficient (Wildman–Crippen LogP) is 1.17. The molecule has 1 rings (SSSR count). The Morgan fingerprint density at radius 1 is 1.35 bits per heavy atom. The van der Waals surface area contributed by atoms with Gasteiger partial charge in [-0.25, -0.2) is 0 Å². The summed E-state index contributed by atoms with van der Waals surface area (Å²) in [5.74, 6) is -1.17. The van der Waals surface area contributed by atoms with Gasteiger partial charge in [-0.15, -0.1) is 0 Å². The molecule has 98 valence electrons. The Balaban J connectivity index is 2.18. The quantitative estimate of drug-likeness (QED) is 0.734. The van der Waals surface area contributed by atoms with E-state index in [4.69, 9.17) is 9.84 Å². The van der Waals surface area contributed by atoms with Crippen LogP contribution in [-0.4, -0.2) is 36.2 Å². The van der Waals surface area contributed by atoms with Gasteiger partial charge in [0.25, 0.3) is 0 Å². The average molecular weight is 243 g/mol. The van der Waals surface area contributed by atoms with Crippen molar-refractivity contribution in [3.8, 4) is 0 Å². The van der Waals surface area contributed by atoms with Crippen LogP contribution in [0.3, 0.4) is 0 Å². The van der Waals surface area contributed by atoms with E-state index in [9.17, 15) is 9.59 Å². The van der Waals surface area contributed by atoms with Crippen LogP contribution in [0.1, 0.15) is 39.5 Å². The van der Waals surface area contributed by atoms with Crippen LogP contribution in [0.25, 0.3) is 0 Å². The number of nitrogens with one attached hydrogen (secondary N) is 1. The number of amides is 1. The van der Waals surface area contributed by atoms with Crippen LogP contribution in [0, 0.1) is 5.41 Å². The molecule has 17 heavy (non-hydrogen) atoms. The molecule has 0 unspecified atom stereocenters. The fourth-order valence-corrected chi connectivity index (χ4v) is 1.69. The lowest BCUT2D eigenvalue weighted by molar-refractivity contribution is -0.147. The van der Waals surface area contributed by atoms with Gasteiger partial charge < -0.3 is 15.2 Å². The fraction of sp³-hybridized carbons (Fsp3) is 0.833. The van der Waals surface area contributed by atoms with E-state index in [-0.39, 0.29) is 25.2 Å². The highest BCUT2D eigenvalue weighted by Gasteiger charge is 2.27. The minimum atomic E-state index is -0.941. The first-order chi connectivity index (χ1) is 7.92. The van der Waals surface area contributed by atoms with Crippen molar-refractivity contribution in [1.29, 1.82) is 0 Å². The Labute approximate surface area is 102 Å². The van der Waals surface area contributed by atoms with Crippen molar-refractivity contribution < 1.29 is 19.4 Å². The van der Waals surface area contributed by atoms with E-state index in [2.05, 4.69) is 5.32 Å². The lowest BCUT2D eigenvalue weighted by Gasteiger charge is -2.19. The first-order valence-corrected chi connectivity index (χ1v) is 6.03. The molecule has 0 aromatic heterocycles. The smallest absolute Gasteiger partial charge is 0.310 e. The number of rotatable bonds is 6. The molecule has 1 fully saturated rings. The molecule has 0 heterocycles. The fourth-order valence-electron chi connectivity index (χ4n) is 1.69. The summed E-state index contributed by atoms with van der Waals surface area (Å²) in [4.78, 5) is 22.3. The lowest BCUT2D eigenvalue weighted by Crippen LogP contribution is -2.40. The van der Waals surface area contributed by atoms with Gasteiger partial charge in [-0.2, -0.15) is 0 Å². The van der Waals surface area contributed by atoms with E-state index in [0.717, 1.165) is 12.8 Å². The Morgan fingerprint density at radius 2 is 1.94 bits per heavy atom. The predicted molar refractivity (Wildman–Crippen MR) is 62.6 cm³/mol. The second kappa shape index (κ2) is 6.00. The zero-order valence-electron chi connectivity index (χ0n) is 10.5. The van der Waals surface area contributed by atoms with Gasteiger partial charge in [0.05, 0.1) is 11.5 Å². The van der Waals surface area contributed by atoms with Crippen molar-refractivity contribution in [2.45, 2.75) is 45.6 Å². The Morgan fingerprint density at radius 3 is 2.47 bits per heavy atom. The molecule has 0 saturated heterocycles. The maximum Gasteiger partial charge on any atom is 0.310 e. The van der Waals surface area contributed by atoms with Crippen molar-refractivity contribution in [3.63, 3.8) is 0 Å². The lowest BCUT2D eigenvalue weighted by atomic mass is 9.94. The summed E-state index contributed by atoms with van der Waals surface area (Å²) in [6.45, 7) is 3.30. The van der Waals surface area contributed by atoms with E-state index in [1.54, 1.807) is 13.8 Å². The molecule has 0 atom stereocenters. The maximum absolute atomic E-state index is 11.4. The van der Waals surface area contributed by atoms with Gasteiger partial charge in [0.15, 0.2) is 0 Å². The minimum Gasteiger partial charge on any atom is -0.481 e. The second-order valence-corrected chi connectivity index (χ2v) is 5.18. The third-order valence-electron chi connectivity index (χ3n) is 3.06. The van der Waals surface area contributed by atoms with E-state index < -0.39 is 11.4 Å². The largest absolute Gasteiger partial charge is 0.481 e. The Kier molecular flexibility index (Phi) is 4.93. The molecule has 1 saturated carbocycles. The molecule has 0 aromatic rings. The summed E-state index contributed by atoms with van der Waals surface area (Å²) < 4.78 is 5.43. The standard InChI is InChI=1S/C12H21NO4/c1-12(2,11(15)16)8-13-10(14)7-17-9-5-3-4-6-9/h9H,3-8H2,1-2H3,(H,13,14)(H,15,16). The topological polar surface area (TPSA) is 75.6 Å². The Hall–Kier alpha value is -1.10. The molecule has 1 aliphatic rings. The van der Waals surface area contributed by atoms with Crippen molar-refractivity contribution in [2.75, 3.05) is 13.2 Å². The number of carbonyl (C=O) groups excluding carboxylic acids is 1. The van der Waals surface area contributed by atoms with E-state index in [1.807, 2.05) is 0 Å². The third kappa shape index (κ3) is 4.73. The van der Waals surface area contributed by atoms with Gasteiger partial charge in [0, 0.05) is 6.54 Å². The Bertz CT molecular complexity index is 282. The van der Waals surface area contributed by atoms with Crippen LogP contribution in [0.15, 0.2) is 0 Å². The monoisotopic (exact) mass is 243 g/mol. The highest BCUT2D eigenvalue weighted by Crippen LogP contribution is 2.20. The summed E-state index contributed by atoms with van der Waals surface area (Å²) >= 11 is 0. The molecule has 0 radical (unpaired) electrons. The maximum atomic E-state index is 11.4. The third-order valence-corrected chi connectivity index (χ3v) is 3.06. The van der Waals surface area contributed by atoms with Gasteiger partial charge in [0.1, 0.15) is 6.61 Å². The molecule has 2 N–H and O–H groups in total. The van der Waals surface area contributed by atoms with Crippen LogP contribution in [0.5, 0.6) is 0 Å². The van der Waals surface area contributed by atoms with Crippen LogP contribution in [0.4, 0.5) is 0 Å². The summed E-state index contributed by atoms with van der Waals surface area (Å²) in [5, 5.41) is 11.5. The first kappa shape index (κ1) is 14.0. The number of hydrogen-bond donors (Lipinski definition) is 2. The molecule has 5 heteroatoms. The van der Waals surface area contributed by atoms with Gasteiger partial charge >= 0.3 is 5.97 Å². The van der Waals surface area contributed by atoms with Gasteiger partial charge in [-0.1, -0.05) is 12.8 Å². The molecular weight excluding hydrogens is 222 g/mol. The first-order valence-electron chi connectivity index (χ1n) is 6.03. The van der Waals surface area contributed by atoms with Crippen molar-refractivity contribution in [2.24, 2.45) is 5.41 Å².